The molecular weight excluding hydrogens is 261 g/mol. The Kier molecular flexibility index (Phi) is 6.59. The van der Waals surface area contributed by atoms with Crippen LogP contribution in [0.5, 0.6) is 0 Å². The van der Waals surface area contributed by atoms with Crippen LogP contribution in [0.1, 0.15) is 18.9 Å². The Morgan fingerprint density at radius 3 is 2.69 bits per heavy atom. The molecule has 0 spiro atoms. The molecule has 0 saturated carbocycles. The summed E-state index contributed by atoms with van der Waals surface area (Å²) in [5.41, 5.74) is 1.17. The molecular formula is C12H17Cl2NS. The Morgan fingerprint density at radius 1 is 1.31 bits per heavy atom. The monoisotopic (exact) mass is 277 g/mol. The van der Waals surface area contributed by atoms with Crippen molar-refractivity contribution in [3.05, 3.63) is 33.8 Å². The van der Waals surface area contributed by atoms with E-state index in [0.29, 0.717) is 16.1 Å². The molecule has 0 radical (unpaired) electrons. The molecule has 16 heavy (non-hydrogen) atoms. The maximum atomic E-state index is 5.95. The Labute approximate surface area is 112 Å². The first-order chi connectivity index (χ1) is 7.63. The van der Waals surface area contributed by atoms with Crippen LogP contribution in [0, 0.1) is 0 Å². The molecule has 1 aromatic rings. The van der Waals surface area contributed by atoms with Crippen molar-refractivity contribution in [2.24, 2.45) is 0 Å². The van der Waals surface area contributed by atoms with Crippen LogP contribution < -0.4 is 5.32 Å². The van der Waals surface area contributed by atoms with Gasteiger partial charge in [-0.25, -0.2) is 0 Å². The highest BCUT2D eigenvalue weighted by molar-refractivity contribution is 7.98. The summed E-state index contributed by atoms with van der Waals surface area (Å²) in [6.45, 7) is 3.04. The van der Waals surface area contributed by atoms with Crippen LogP contribution in [-0.2, 0) is 6.54 Å². The van der Waals surface area contributed by atoms with Gasteiger partial charge in [0.05, 0.1) is 10.0 Å². The van der Waals surface area contributed by atoms with E-state index in [4.69, 9.17) is 23.2 Å². The molecule has 1 nitrogen and oxygen atoms in total. The first-order valence-corrected chi connectivity index (χ1v) is 7.44. The summed E-state index contributed by atoms with van der Waals surface area (Å²) in [7, 11) is 0. The molecule has 1 atom stereocenters. The maximum absolute atomic E-state index is 5.95. The van der Waals surface area contributed by atoms with Gasteiger partial charge in [0.2, 0.25) is 0 Å². The van der Waals surface area contributed by atoms with Gasteiger partial charge in [-0.2, -0.15) is 11.8 Å². The van der Waals surface area contributed by atoms with E-state index in [1.807, 2.05) is 30.0 Å². The van der Waals surface area contributed by atoms with Gasteiger partial charge in [0.15, 0.2) is 0 Å². The number of nitrogens with one attached hydrogen (secondary N) is 1. The van der Waals surface area contributed by atoms with Crippen molar-refractivity contribution in [3.63, 3.8) is 0 Å². The second kappa shape index (κ2) is 7.44. The summed E-state index contributed by atoms with van der Waals surface area (Å²) >= 11 is 13.7. The molecule has 0 bridgehead atoms. The molecule has 0 aliphatic rings. The summed E-state index contributed by atoms with van der Waals surface area (Å²) in [5, 5.41) is 4.70. The van der Waals surface area contributed by atoms with E-state index in [0.717, 1.165) is 6.54 Å². The van der Waals surface area contributed by atoms with Crippen molar-refractivity contribution in [1.29, 1.82) is 0 Å². The summed E-state index contributed by atoms with van der Waals surface area (Å²) in [5.74, 6) is 1.19. The number of rotatable bonds is 6. The fourth-order valence-corrected chi connectivity index (χ4v) is 2.25. The normalized spacial score (nSPS) is 12.8. The SMILES string of the molecule is CSCCC(C)NCc1ccc(Cl)c(Cl)c1. The zero-order chi connectivity index (χ0) is 12.0. The molecule has 0 amide bonds. The summed E-state index contributed by atoms with van der Waals surface area (Å²) in [6, 6.07) is 6.29. The third-order valence-electron chi connectivity index (χ3n) is 2.39. The first-order valence-electron chi connectivity index (χ1n) is 5.29. The summed E-state index contributed by atoms with van der Waals surface area (Å²) in [4.78, 5) is 0. The summed E-state index contributed by atoms with van der Waals surface area (Å²) in [6.07, 6.45) is 3.31. The lowest BCUT2D eigenvalue weighted by molar-refractivity contribution is 0.537. The molecule has 1 N–H and O–H groups in total. The van der Waals surface area contributed by atoms with Crippen molar-refractivity contribution in [1.82, 2.24) is 5.32 Å². The molecule has 0 aliphatic carbocycles. The predicted octanol–water partition coefficient (Wildman–Crippen LogP) is 4.22. The van der Waals surface area contributed by atoms with Gasteiger partial charge >= 0.3 is 0 Å². The van der Waals surface area contributed by atoms with Gasteiger partial charge in [-0.1, -0.05) is 29.3 Å². The molecule has 0 aromatic heterocycles. The van der Waals surface area contributed by atoms with Crippen LogP contribution in [0.2, 0.25) is 10.0 Å². The maximum Gasteiger partial charge on any atom is 0.0595 e. The van der Waals surface area contributed by atoms with E-state index in [1.165, 1.54) is 17.7 Å². The average molecular weight is 278 g/mol. The van der Waals surface area contributed by atoms with Gasteiger partial charge in [0.25, 0.3) is 0 Å². The third-order valence-corrected chi connectivity index (χ3v) is 3.78. The Morgan fingerprint density at radius 2 is 2.06 bits per heavy atom. The quantitative estimate of drug-likeness (QED) is 0.836. The largest absolute Gasteiger partial charge is 0.310 e. The smallest absolute Gasteiger partial charge is 0.0595 e. The third kappa shape index (κ3) is 4.96. The molecule has 4 heteroatoms. The topological polar surface area (TPSA) is 12.0 Å². The minimum absolute atomic E-state index is 0.530. The van der Waals surface area contributed by atoms with Crippen LogP contribution in [0.3, 0.4) is 0 Å². The minimum Gasteiger partial charge on any atom is -0.310 e. The van der Waals surface area contributed by atoms with Gasteiger partial charge < -0.3 is 5.32 Å². The molecule has 0 aliphatic heterocycles. The zero-order valence-corrected chi connectivity index (χ0v) is 11.9. The molecule has 0 saturated heterocycles. The van der Waals surface area contributed by atoms with E-state index >= 15 is 0 Å². The van der Waals surface area contributed by atoms with Gasteiger partial charge in [-0.15, -0.1) is 0 Å². The van der Waals surface area contributed by atoms with Crippen molar-refractivity contribution >= 4 is 35.0 Å². The van der Waals surface area contributed by atoms with E-state index in [2.05, 4.69) is 18.5 Å². The summed E-state index contributed by atoms with van der Waals surface area (Å²) < 4.78 is 0. The molecule has 0 fully saturated rings. The van der Waals surface area contributed by atoms with E-state index in [1.54, 1.807) is 0 Å². The fraction of sp³-hybridized carbons (Fsp3) is 0.500. The molecule has 90 valence electrons. The van der Waals surface area contributed by atoms with Crippen molar-refractivity contribution in [2.45, 2.75) is 25.9 Å². The number of hydrogen-bond donors (Lipinski definition) is 1. The Balaban J connectivity index is 2.39. The predicted molar refractivity (Wildman–Crippen MR) is 75.8 cm³/mol. The lowest BCUT2D eigenvalue weighted by atomic mass is 10.2. The van der Waals surface area contributed by atoms with E-state index < -0.39 is 0 Å². The van der Waals surface area contributed by atoms with Gasteiger partial charge in [-0.3, -0.25) is 0 Å². The Bertz CT molecular complexity index is 331. The van der Waals surface area contributed by atoms with E-state index in [9.17, 15) is 0 Å². The number of benzene rings is 1. The molecule has 1 aromatic carbocycles. The highest BCUT2D eigenvalue weighted by atomic mass is 35.5. The number of thioether (sulfide) groups is 1. The second-order valence-electron chi connectivity index (χ2n) is 3.81. The molecule has 1 rings (SSSR count). The lowest BCUT2D eigenvalue weighted by Crippen LogP contribution is -2.25. The first kappa shape index (κ1) is 14.2. The van der Waals surface area contributed by atoms with Crippen molar-refractivity contribution in [2.75, 3.05) is 12.0 Å². The van der Waals surface area contributed by atoms with Crippen molar-refractivity contribution in [3.8, 4) is 0 Å². The lowest BCUT2D eigenvalue weighted by Gasteiger charge is -2.13. The molecule has 0 heterocycles. The van der Waals surface area contributed by atoms with Gasteiger partial charge in [0, 0.05) is 12.6 Å². The highest BCUT2D eigenvalue weighted by Crippen LogP contribution is 2.22. The standard InChI is InChI=1S/C12H17Cl2NS/c1-9(5-6-16-2)15-8-10-3-4-11(13)12(14)7-10/h3-4,7,9,15H,5-6,8H2,1-2H3. The molecule has 1 unspecified atom stereocenters. The van der Waals surface area contributed by atoms with Crippen LogP contribution in [-0.4, -0.2) is 18.1 Å². The van der Waals surface area contributed by atoms with Crippen LogP contribution in [0.15, 0.2) is 18.2 Å². The number of hydrogen-bond acceptors (Lipinski definition) is 2. The minimum atomic E-state index is 0.530. The van der Waals surface area contributed by atoms with E-state index in [-0.39, 0.29) is 0 Å². The Hall–Kier alpha value is 0.110. The zero-order valence-electron chi connectivity index (χ0n) is 9.59. The second-order valence-corrected chi connectivity index (χ2v) is 5.61. The van der Waals surface area contributed by atoms with Crippen LogP contribution in [0.4, 0.5) is 0 Å². The van der Waals surface area contributed by atoms with Gasteiger partial charge in [0.1, 0.15) is 0 Å². The van der Waals surface area contributed by atoms with Crippen molar-refractivity contribution < 1.29 is 0 Å². The van der Waals surface area contributed by atoms with Gasteiger partial charge in [-0.05, 0) is 43.0 Å². The number of halogens is 2. The fourth-order valence-electron chi connectivity index (χ4n) is 1.34. The van der Waals surface area contributed by atoms with Crippen LogP contribution in [0.25, 0.3) is 0 Å². The average Bonchev–Trinajstić information content (AvgIpc) is 2.28. The highest BCUT2D eigenvalue weighted by Gasteiger charge is 2.03. The van der Waals surface area contributed by atoms with Crippen LogP contribution >= 0.6 is 35.0 Å².